The number of hydrogen-bond acceptors (Lipinski definition) is 4. The SMILES string of the molecule is Cc1ccc(NC(=O)COc2c(Cl)cc(/C=C(\C#N)C(=O)NCc3ccccc3)cc2Cl)cc1. The second kappa shape index (κ2) is 11.9. The van der Waals surface area contributed by atoms with Gasteiger partial charge in [-0.05, 0) is 48.4 Å². The Morgan fingerprint density at radius 1 is 1.03 bits per heavy atom. The minimum atomic E-state index is -0.522. The molecule has 0 aliphatic carbocycles. The normalized spacial score (nSPS) is 10.8. The zero-order chi connectivity index (χ0) is 24.5. The van der Waals surface area contributed by atoms with E-state index < -0.39 is 5.91 Å². The number of nitriles is 1. The van der Waals surface area contributed by atoms with Gasteiger partial charge in [0, 0.05) is 12.2 Å². The molecule has 0 radical (unpaired) electrons. The molecule has 0 fully saturated rings. The zero-order valence-corrected chi connectivity index (χ0v) is 19.8. The van der Waals surface area contributed by atoms with Gasteiger partial charge in [0.05, 0.1) is 10.0 Å². The molecule has 0 aliphatic rings. The maximum atomic E-state index is 12.4. The summed E-state index contributed by atoms with van der Waals surface area (Å²) in [5.41, 5.74) is 2.97. The molecule has 2 amide bonds. The minimum absolute atomic E-state index is 0.103. The first-order valence-electron chi connectivity index (χ1n) is 10.3. The van der Waals surface area contributed by atoms with Crippen LogP contribution in [-0.2, 0) is 16.1 Å². The number of anilines is 1. The van der Waals surface area contributed by atoms with Gasteiger partial charge in [0.25, 0.3) is 11.8 Å². The van der Waals surface area contributed by atoms with E-state index in [0.29, 0.717) is 11.3 Å². The van der Waals surface area contributed by atoms with E-state index in [-0.39, 0.29) is 40.4 Å². The lowest BCUT2D eigenvalue weighted by molar-refractivity contribution is -0.118. The highest BCUT2D eigenvalue weighted by atomic mass is 35.5. The number of nitrogens with zero attached hydrogens (tertiary/aromatic N) is 1. The average Bonchev–Trinajstić information content (AvgIpc) is 2.82. The molecule has 0 aliphatic heterocycles. The molecule has 0 spiro atoms. The van der Waals surface area contributed by atoms with Crippen LogP contribution in [0.1, 0.15) is 16.7 Å². The predicted octanol–water partition coefficient (Wildman–Crippen LogP) is 5.54. The first kappa shape index (κ1) is 24.8. The number of benzene rings is 3. The Labute approximate surface area is 207 Å². The number of ether oxygens (including phenoxy) is 1. The fraction of sp³-hybridized carbons (Fsp3) is 0.115. The van der Waals surface area contributed by atoms with Crippen LogP contribution >= 0.6 is 23.2 Å². The zero-order valence-electron chi connectivity index (χ0n) is 18.3. The van der Waals surface area contributed by atoms with E-state index in [1.165, 1.54) is 18.2 Å². The lowest BCUT2D eigenvalue weighted by atomic mass is 10.1. The standard InChI is InChI=1S/C26H21Cl2N3O3/c1-17-7-9-21(10-8-17)31-24(32)16-34-25-22(27)12-19(13-23(25)28)11-20(14-29)26(33)30-15-18-5-3-2-4-6-18/h2-13H,15-16H2,1H3,(H,30,33)(H,31,32)/b20-11+. The summed E-state index contributed by atoms with van der Waals surface area (Å²) in [5.74, 6) is -0.764. The Kier molecular flexibility index (Phi) is 8.69. The molecule has 6 nitrogen and oxygen atoms in total. The highest BCUT2D eigenvalue weighted by Crippen LogP contribution is 2.35. The van der Waals surface area contributed by atoms with Crippen molar-refractivity contribution in [3.63, 3.8) is 0 Å². The lowest BCUT2D eigenvalue weighted by Crippen LogP contribution is -2.23. The first-order valence-corrected chi connectivity index (χ1v) is 11.0. The summed E-state index contributed by atoms with van der Waals surface area (Å²) in [6.45, 7) is 1.94. The van der Waals surface area contributed by atoms with Gasteiger partial charge in [-0.25, -0.2) is 0 Å². The topological polar surface area (TPSA) is 91.2 Å². The largest absolute Gasteiger partial charge is 0.481 e. The van der Waals surface area contributed by atoms with Crippen LogP contribution in [0.2, 0.25) is 10.0 Å². The molecule has 0 bridgehead atoms. The Morgan fingerprint density at radius 3 is 2.29 bits per heavy atom. The van der Waals surface area contributed by atoms with Crippen LogP contribution in [0.15, 0.2) is 72.3 Å². The van der Waals surface area contributed by atoms with Crippen LogP contribution < -0.4 is 15.4 Å². The number of hydrogen-bond donors (Lipinski definition) is 2. The van der Waals surface area contributed by atoms with Crippen LogP contribution in [-0.4, -0.2) is 18.4 Å². The van der Waals surface area contributed by atoms with E-state index in [9.17, 15) is 14.9 Å². The van der Waals surface area contributed by atoms with Crippen molar-refractivity contribution in [2.45, 2.75) is 13.5 Å². The summed E-state index contributed by atoms with van der Waals surface area (Å²) in [6.07, 6.45) is 1.38. The van der Waals surface area contributed by atoms with Gasteiger partial charge in [0.1, 0.15) is 11.6 Å². The van der Waals surface area contributed by atoms with Gasteiger partial charge >= 0.3 is 0 Å². The Balaban J connectivity index is 1.64. The molecular weight excluding hydrogens is 473 g/mol. The van der Waals surface area contributed by atoms with Gasteiger partial charge in [-0.1, -0.05) is 71.2 Å². The molecule has 8 heteroatoms. The average molecular weight is 494 g/mol. The molecule has 0 aromatic heterocycles. The minimum Gasteiger partial charge on any atom is -0.481 e. The van der Waals surface area contributed by atoms with Crippen LogP contribution in [0.5, 0.6) is 5.75 Å². The van der Waals surface area contributed by atoms with E-state index in [1.807, 2.05) is 55.5 Å². The van der Waals surface area contributed by atoms with Crippen molar-refractivity contribution in [1.29, 1.82) is 5.26 Å². The maximum absolute atomic E-state index is 12.4. The summed E-state index contributed by atoms with van der Waals surface area (Å²) in [7, 11) is 0. The molecule has 0 saturated carbocycles. The van der Waals surface area contributed by atoms with Crippen molar-refractivity contribution in [1.82, 2.24) is 5.32 Å². The van der Waals surface area contributed by atoms with Crippen molar-refractivity contribution >= 4 is 46.8 Å². The quantitative estimate of drug-likeness (QED) is 0.318. The number of carbonyl (C=O) groups excluding carboxylic acids is 2. The third-order valence-corrected chi connectivity index (χ3v) is 5.24. The van der Waals surface area contributed by atoms with Crippen molar-refractivity contribution in [3.05, 3.63) is 99.0 Å². The molecule has 0 heterocycles. The van der Waals surface area contributed by atoms with Crippen LogP contribution in [0.4, 0.5) is 5.69 Å². The molecule has 3 aromatic rings. The summed E-state index contributed by atoms with van der Waals surface area (Å²) in [5, 5.41) is 15.1. The molecule has 0 saturated heterocycles. The fourth-order valence-corrected chi connectivity index (χ4v) is 3.57. The summed E-state index contributed by atoms with van der Waals surface area (Å²) in [4.78, 5) is 24.6. The van der Waals surface area contributed by atoms with Gasteiger partial charge in [-0.3, -0.25) is 9.59 Å². The monoisotopic (exact) mass is 493 g/mol. The second-order valence-corrected chi connectivity index (χ2v) is 8.17. The van der Waals surface area contributed by atoms with Crippen LogP contribution in [0, 0.1) is 18.3 Å². The van der Waals surface area contributed by atoms with E-state index in [0.717, 1.165) is 11.1 Å². The molecule has 34 heavy (non-hydrogen) atoms. The molecule has 3 aromatic carbocycles. The van der Waals surface area contributed by atoms with Crippen molar-refractivity contribution in [3.8, 4) is 11.8 Å². The highest BCUT2D eigenvalue weighted by Gasteiger charge is 2.14. The summed E-state index contributed by atoms with van der Waals surface area (Å²) >= 11 is 12.6. The van der Waals surface area contributed by atoms with E-state index in [1.54, 1.807) is 12.1 Å². The number of amides is 2. The molecule has 0 unspecified atom stereocenters. The van der Waals surface area contributed by atoms with E-state index in [2.05, 4.69) is 10.6 Å². The van der Waals surface area contributed by atoms with Crippen LogP contribution in [0.3, 0.4) is 0 Å². The molecule has 0 atom stereocenters. The Morgan fingerprint density at radius 2 is 1.68 bits per heavy atom. The van der Waals surface area contributed by atoms with E-state index in [4.69, 9.17) is 27.9 Å². The van der Waals surface area contributed by atoms with Crippen LogP contribution in [0.25, 0.3) is 6.08 Å². The number of aryl methyl sites for hydroxylation is 1. The first-order chi connectivity index (χ1) is 16.4. The van der Waals surface area contributed by atoms with Crippen molar-refractivity contribution in [2.24, 2.45) is 0 Å². The maximum Gasteiger partial charge on any atom is 0.262 e. The third kappa shape index (κ3) is 7.11. The Hall–Kier alpha value is -3.79. The molecular formula is C26H21Cl2N3O3. The van der Waals surface area contributed by atoms with Crippen molar-refractivity contribution < 1.29 is 14.3 Å². The lowest BCUT2D eigenvalue weighted by Gasteiger charge is -2.11. The number of halogens is 2. The Bertz CT molecular complexity index is 1230. The number of carbonyl (C=O) groups is 2. The number of rotatable bonds is 8. The summed E-state index contributed by atoms with van der Waals surface area (Å²) < 4.78 is 5.51. The molecule has 2 N–H and O–H groups in total. The van der Waals surface area contributed by atoms with Gasteiger partial charge in [0.2, 0.25) is 0 Å². The second-order valence-electron chi connectivity index (χ2n) is 7.35. The fourth-order valence-electron chi connectivity index (χ4n) is 2.96. The van der Waals surface area contributed by atoms with Gasteiger partial charge in [-0.2, -0.15) is 5.26 Å². The smallest absolute Gasteiger partial charge is 0.262 e. The summed E-state index contributed by atoms with van der Waals surface area (Å²) in [6, 6.07) is 21.6. The number of nitrogens with one attached hydrogen (secondary N) is 2. The van der Waals surface area contributed by atoms with E-state index >= 15 is 0 Å². The third-order valence-electron chi connectivity index (χ3n) is 4.68. The molecule has 3 rings (SSSR count). The van der Waals surface area contributed by atoms with Crippen molar-refractivity contribution in [2.75, 3.05) is 11.9 Å². The van der Waals surface area contributed by atoms with Gasteiger partial charge in [0.15, 0.2) is 12.4 Å². The molecule has 172 valence electrons. The van der Waals surface area contributed by atoms with Gasteiger partial charge in [-0.15, -0.1) is 0 Å². The predicted molar refractivity (Wildman–Crippen MR) is 134 cm³/mol. The highest BCUT2D eigenvalue weighted by molar-refractivity contribution is 6.37. The van der Waals surface area contributed by atoms with Gasteiger partial charge < -0.3 is 15.4 Å².